The van der Waals surface area contributed by atoms with Gasteiger partial charge in [-0.05, 0) is 29.1 Å². The van der Waals surface area contributed by atoms with Crippen LogP contribution >= 0.6 is 11.3 Å². The molecule has 0 spiro atoms. The van der Waals surface area contributed by atoms with Crippen LogP contribution in [0.1, 0.15) is 15.9 Å². The van der Waals surface area contributed by atoms with Gasteiger partial charge in [-0.25, -0.2) is 0 Å². The first kappa shape index (κ1) is 12.8. The second-order valence-corrected chi connectivity index (χ2v) is 5.84. The molecule has 0 bridgehead atoms. The third-order valence-electron chi connectivity index (χ3n) is 3.82. The molecular formula is C15H7NO5S. The van der Waals surface area contributed by atoms with Crippen molar-refractivity contribution < 1.29 is 19.9 Å². The Morgan fingerprint density at radius 3 is 2.55 bits per heavy atom. The lowest BCUT2D eigenvalue weighted by Crippen LogP contribution is -2.10. The molecular weight excluding hydrogens is 306 g/mol. The summed E-state index contributed by atoms with van der Waals surface area (Å²) in [5, 5.41) is 33.5. The summed E-state index contributed by atoms with van der Waals surface area (Å²) in [5.74, 6) is -1.47. The van der Waals surface area contributed by atoms with E-state index < -0.39 is 22.1 Å². The summed E-state index contributed by atoms with van der Waals surface area (Å²) in [7, 11) is 0. The molecule has 0 aliphatic heterocycles. The Bertz CT molecular complexity index is 1000. The summed E-state index contributed by atoms with van der Waals surface area (Å²) in [6.07, 6.45) is 0. The van der Waals surface area contributed by atoms with Crippen molar-refractivity contribution in [3.05, 3.63) is 50.9 Å². The Kier molecular flexibility index (Phi) is 2.35. The molecule has 4 rings (SSSR count). The maximum atomic E-state index is 12.7. The molecule has 2 N–H and O–H groups in total. The number of rotatable bonds is 1. The van der Waals surface area contributed by atoms with E-state index in [9.17, 15) is 25.1 Å². The van der Waals surface area contributed by atoms with Crippen molar-refractivity contribution in [2.45, 2.75) is 0 Å². The van der Waals surface area contributed by atoms with Gasteiger partial charge in [-0.15, -0.1) is 11.3 Å². The zero-order valence-corrected chi connectivity index (χ0v) is 11.7. The number of benzene rings is 2. The highest BCUT2D eigenvalue weighted by Gasteiger charge is 2.34. The molecule has 6 nitrogen and oxygen atoms in total. The third-order valence-corrected chi connectivity index (χ3v) is 4.76. The molecule has 2 aromatic carbocycles. The van der Waals surface area contributed by atoms with E-state index in [4.69, 9.17) is 0 Å². The first-order chi connectivity index (χ1) is 10.5. The van der Waals surface area contributed by atoms with Crippen LogP contribution in [0.2, 0.25) is 0 Å². The summed E-state index contributed by atoms with van der Waals surface area (Å²) in [4.78, 5) is 22.9. The number of ketones is 1. The Labute approximate surface area is 127 Å². The van der Waals surface area contributed by atoms with Gasteiger partial charge in [-0.3, -0.25) is 14.9 Å². The Hall–Kier alpha value is -2.93. The zero-order valence-electron chi connectivity index (χ0n) is 10.9. The van der Waals surface area contributed by atoms with E-state index in [1.54, 1.807) is 6.07 Å². The standard InChI is InChI=1S/C15H7NO5S/c17-9-3-4-10-11-7(5-22-10)6-1-2-8(16(20)21)14(18)12(6)15(19)13(9)11/h1-5,17-18H. The largest absolute Gasteiger partial charge is 0.507 e. The monoisotopic (exact) mass is 313 g/mol. The normalized spacial score (nSPS) is 12.5. The molecule has 0 radical (unpaired) electrons. The fourth-order valence-electron chi connectivity index (χ4n) is 2.85. The van der Waals surface area contributed by atoms with Crippen molar-refractivity contribution in [2.24, 2.45) is 0 Å². The average molecular weight is 313 g/mol. The van der Waals surface area contributed by atoms with Crippen LogP contribution in [0, 0.1) is 10.1 Å². The first-order valence-electron chi connectivity index (χ1n) is 6.29. The minimum atomic E-state index is -0.744. The summed E-state index contributed by atoms with van der Waals surface area (Å²) < 4.78 is 0.833. The Morgan fingerprint density at radius 2 is 1.82 bits per heavy atom. The number of carbonyl (C=O) groups excluding carboxylic acids is 1. The van der Waals surface area contributed by atoms with Crippen molar-refractivity contribution in [1.29, 1.82) is 0 Å². The number of hydrogen-bond donors (Lipinski definition) is 2. The summed E-state index contributed by atoms with van der Waals surface area (Å²) in [6, 6.07) is 5.76. The van der Waals surface area contributed by atoms with Crippen LogP contribution in [0.25, 0.3) is 21.2 Å². The van der Waals surface area contributed by atoms with Crippen molar-refractivity contribution in [3.8, 4) is 22.6 Å². The molecule has 0 amide bonds. The van der Waals surface area contributed by atoms with Gasteiger partial charge in [-0.2, -0.15) is 0 Å². The fourth-order valence-corrected chi connectivity index (χ4v) is 3.82. The van der Waals surface area contributed by atoms with Crippen LogP contribution in [-0.2, 0) is 0 Å². The highest BCUT2D eigenvalue weighted by molar-refractivity contribution is 7.17. The van der Waals surface area contributed by atoms with Gasteiger partial charge in [0.2, 0.25) is 11.5 Å². The molecule has 3 aromatic rings. The highest BCUT2D eigenvalue weighted by atomic mass is 32.1. The predicted molar refractivity (Wildman–Crippen MR) is 80.7 cm³/mol. The van der Waals surface area contributed by atoms with Gasteiger partial charge in [0.1, 0.15) is 5.75 Å². The second-order valence-electron chi connectivity index (χ2n) is 4.92. The van der Waals surface area contributed by atoms with Crippen molar-refractivity contribution in [1.82, 2.24) is 0 Å². The van der Waals surface area contributed by atoms with Gasteiger partial charge >= 0.3 is 5.69 Å². The quantitative estimate of drug-likeness (QED) is 0.414. The van der Waals surface area contributed by atoms with E-state index in [0.29, 0.717) is 16.5 Å². The van der Waals surface area contributed by atoms with E-state index >= 15 is 0 Å². The maximum Gasteiger partial charge on any atom is 0.311 e. The zero-order chi connectivity index (χ0) is 15.6. The van der Waals surface area contributed by atoms with Crippen LogP contribution < -0.4 is 0 Å². The lowest BCUT2D eigenvalue weighted by molar-refractivity contribution is -0.385. The van der Waals surface area contributed by atoms with Crippen LogP contribution in [0.3, 0.4) is 0 Å². The minimum absolute atomic E-state index is 0.0806. The van der Waals surface area contributed by atoms with Crippen LogP contribution in [0.5, 0.6) is 11.5 Å². The summed E-state index contributed by atoms with van der Waals surface area (Å²) in [6.45, 7) is 0. The van der Waals surface area contributed by atoms with E-state index in [1.807, 2.05) is 5.38 Å². The molecule has 0 saturated carbocycles. The smallest absolute Gasteiger partial charge is 0.311 e. The number of thiophene rings is 1. The SMILES string of the molecule is O=C1c2c(ccc([N+](=O)[O-])c2O)-c2csc3ccc(O)c1c23. The van der Waals surface area contributed by atoms with Crippen LogP contribution in [0.15, 0.2) is 29.6 Å². The van der Waals surface area contributed by atoms with E-state index in [1.165, 1.54) is 29.5 Å². The number of nitro benzene ring substituents is 1. The second kappa shape index (κ2) is 4.05. The van der Waals surface area contributed by atoms with Gasteiger partial charge in [0.05, 0.1) is 16.1 Å². The van der Waals surface area contributed by atoms with Gasteiger partial charge < -0.3 is 10.2 Å². The molecule has 108 valence electrons. The average Bonchev–Trinajstić information content (AvgIpc) is 2.89. The molecule has 0 saturated heterocycles. The number of phenols is 2. The number of hydrogen-bond acceptors (Lipinski definition) is 6. The maximum absolute atomic E-state index is 12.7. The first-order valence-corrected chi connectivity index (χ1v) is 7.17. The highest BCUT2D eigenvalue weighted by Crippen LogP contribution is 2.49. The van der Waals surface area contributed by atoms with Crippen molar-refractivity contribution in [2.75, 3.05) is 0 Å². The Morgan fingerprint density at radius 1 is 1.05 bits per heavy atom. The van der Waals surface area contributed by atoms with Gasteiger partial charge in [0.25, 0.3) is 0 Å². The van der Waals surface area contributed by atoms with Crippen molar-refractivity contribution >= 4 is 32.9 Å². The van der Waals surface area contributed by atoms with Crippen molar-refractivity contribution in [3.63, 3.8) is 0 Å². The lowest BCUT2D eigenvalue weighted by atomic mass is 9.84. The number of phenolic OH excluding ortho intramolecular Hbond substituents is 2. The van der Waals surface area contributed by atoms with Crippen LogP contribution in [-0.4, -0.2) is 20.9 Å². The molecule has 0 atom stereocenters. The molecule has 1 aromatic heterocycles. The molecule has 0 unspecified atom stereocenters. The van der Waals surface area contributed by atoms with E-state index in [2.05, 4.69) is 0 Å². The molecule has 7 heteroatoms. The molecule has 22 heavy (non-hydrogen) atoms. The minimum Gasteiger partial charge on any atom is -0.507 e. The number of fused-ring (bicyclic) bond motifs is 2. The number of aromatic hydroxyl groups is 2. The summed E-state index contributed by atoms with van der Waals surface area (Å²) in [5.41, 5.74) is 0.542. The van der Waals surface area contributed by atoms with E-state index in [-0.39, 0.29) is 16.9 Å². The summed E-state index contributed by atoms with van der Waals surface area (Å²) >= 11 is 1.40. The lowest BCUT2D eigenvalue weighted by Gasteiger charge is -2.17. The Balaban J connectivity index is 2.19. The topological polar surface area (TPSA) is 101 Å². The molecule has 1 heterocycles. The van der Waals surface area contributed by atoms with E-state index in [0.717, 1.165) is 4.70 Å². The number of carbonyl (C=O) groups is 1. The van der Waals surface area contributed by atoms with Crippen LogP contribution in [0.4, 0.5) is 5.69 Å². The number of nitrogens with zero attached hydrogens (tertiary/aromatic N) is 1. The third kappa shape index (κ3) is 1.40. The van der Waals surface area contributed by atoms with Gasteiger partial charge in [0.15, 0.2) is 0 Å². The number of nitro groups is 1. The predicted octanol–water partition coefficient (Wildman–Crippen LogP) is 3.43. The fraction of sp³-hybridized carbons (Fsp3) is 0. The molecule has 0 fully saturated rings. The molecule has 1 aliphatic carbocycles. The van der Waals surface area contributed by atoms with Gasteiger partial charge in [-0.1, -0.05) is 0 Å². The molecule has 1 aliphatic rings. The van der Waals surface area contributed by atoms with Gasteiger partial charge in [0, 0.05) is 21.7 Å².